The summed E-state index contributed by atoms with van der Waals surface area (Å²) >= 11 is 3.48. The molecule has 1 aliphatic rings. The Hall–Kier alpha value is -0.420. The maximum Gasteiger partial charge on any atom is 0.143 e. The smallest absolute Gasteiger partial charge is 0.143 e. The molecule has 0 saturated carbocycles. The van der Waals surface area contributed by atoms with Crippen molar-refractivity contribution in [3.63, 3.8) is 0 Å². The van der Waals surface area contributed by atoms with E-state index in [2.05, 4.69) is 51.5 Å². The van der Waals surface area contributed by atoms with Crippen molar-refractivity contribution in [3.8, 4) is 0 Å². The second-order valence-corrected chi connectivity index (χ2v) is 5.35. The molecule has 2 heterocycles. The van der Waals surface area contributed by atoms with Crippen molar-refractivity contribution in [2.45, 2.75) is 57.0 Å². The van der Waals surface area contributed by atoms with Gasteiger partial charge in [-0.1, -0.05) is 22.9 Å². The van der Waals surface area contributed by atoms with Gasteiger partial charge in [-0.2, -0.15) is 0 Å². The van der Waals surface area contributed by atoms with Gasteiger partial charge in [-0.25, -0.2) is 0 Å². The van der Waals surface area contributed by atoms with Gasteiger partial charge in [-0.15, -0.1) is 10.2 Å². The van der Waals surface area contributed by atoms with Gasteiger partial charge in [0.05, 0.1) is 11.4 Å². The fourth-order valence-corrected chi connectivity index (χ4v) is 2.97. The summed E-state index contributed by atoms with van der Waals surface area (Å²) in [6.45, 7) is 7.37. The molecule has 1 aliphatic heterocycles. The largest absolute Gasteiger partial charge is 0.377 e. The second-order valence-electron chi connectivity index (χ2n) is 4.78. The van der Waals surface area contributed by atoms with Crippen LogP contribution in [0.5, 0.6) is 0 Å². The highest BCUT2D eigenvalue weighted by atomic mass is 79.9. The average Bonchev–Trinajstić information content (AvgIpc) is 2.93. The maximum absolute atomic E-state index is 5.75. The zero-order chi connectivity index (χ0) is 12.4. The standard InChI is InChI=1S/C12H20BrN3O/c1-4-10-9(5-6-17-10)12-15-14-11(7-13)16(12)8(2)3/h8-10H,4-7H2,1-3H3. The Labute approximate surface area is 111 Å². The molecule has 1 aromatic rings. The summed E-state index contributed by atoms with van der Waals surface area (Å²) in [6.07, 6.45) is 2.41. The summed E-state index contributed by atoms with van der Waals surface area (Å²) in [4.78, 5) is 0. The predicted molar refractivity (Wildman–Crippen MR) is 70.4 cm³/mol. The molecule has 4 nitrogen and oxygen atoms in total. The van der Waals surface area contributed by atoms with Crippen molar-refractivity contribution in [2.24, 2.45) is 0 Å². The van der Waals surface area contributed by atoms with Crippen LogP contribution in [0.2, 0.25) is 0 Å². The van der Waals surface area contributed by atoms with Gasteiger partial charge in [-0.05, 0) is 26.7 Å². The molecule has 1 fully saturated rings. The van der Waals surface area contributed by atoms with Gasteiger partial charge >= 0.3 is 0 Å². The molecule has 0 radical (unpaired) electrons. The van der Waals surface area contributed by atoms with Crippen LogP contribution >= 0.6 is 15.9 Å². The molecule has 0 bridgehead atoms. The molecule has 0 spiro atoms. The number of ether oxygens (including phenoxy) is 1. The minimum atomic E-state index is 0.305. The van der Waals surface area contributed by atoms with Gasteiger partial charge < -0.3 is 9.30 Å². The molecular formula is C12H20BrN3O. The third kappa shape index (κ3) is 2.40. The lowest BCUT2D eigenvalue weighted by Gasteiger charge is -2.20. The number of nitrogens with zero attached hydrogens (tertiary/aromatic N) is 3. The van der Waals surface area contributed by atoms with E-state index < -0.39 is 0 Å². The summed E-state index contributed by atoms with van der Waals surface area (Å²) in [5, 5.41) is 9.42. The highest BCUT2D eigenvalue weighted by Crippen LogP contribution is 2.33. The van der Waals surface area contributed by atoms with E-state index in [1.54, 1.807) is 0 Å². The van der Waals surface area contributed by atoms with Crippen LogP contribution in [0.3, 0.4) is 0 Å². The monoisotopic (exact) mass is 301 g/mol. The lowest BCUT2D eigenvalue weighted by molar-refractivity contribution is 0.0986. The molecule has 2 atom stereocenters. The van der Waals surface area contributed by atoms with Gasteiger partial charge in [0.15, 0.2) is 0 Å². The molecule has 17 heavy (non-hydrogen) atoms. The van der Waals surface area contributed by atoms with Crippen LogP contribution in [0.4, 0.5) is 0 Å². The van der Waals surface area contributed by atoms with Gasteiger partial charge in [0.25, 0.3) is 0 Å². The van der Waals surface area contributed by atoms with Crippen molar-refractivity contribution in [1.29, 1.82) is 0 Å². The van der Waals surface area contributed by atoms with Crippen molar-refractivity contribution in [2.75, 3.05) is 6.61 Å². The minimum Gasteiger partial charge on any atom is -0.377 e. The van der Waals surface area contributed by atoms with E-state index in [0.29, 0.717) is 18.1 Å². The molecule has 0 amide bonds. The molecule has 0 N–H and O–H groups in total. The summed E-state index contributed by atoms with van der Waals surface area (Å²) < 4.78 is 8.00. The number of aromatic nitrogens is 3. The lowest BCUT2D eigenvalue weighted by Crippen LogP contribution is -2.19. The summed E-state index contributed by atoms with van der Waals surface area (Å²) in [5.74, 6) is 2.51. The molecule has 1 saturated heterocycles. The van der Waals surface area contributed by atoms with Crippen LogP contribution in [0.15, 0.2) is 0 Å². The van der Waals surface area contributed by atoms with Gasteiger partial charge in [0.2, 0.25) is 0 Å². The van der Waals surface area contributed by atoms with Crippen molar-refractivity contribution in [1.82, 2.24) is 14.8 Å². The molecule has 0 aliphatic carbocycles. The van der Waals surface area contributed by atoms with Gasteiger partial charge in [0, 0.05) is 18.6 Å². The van der Waals surface area contributed by atoms with E-state index in [4.69, 9.17) is 4.74 Å². The Balaban J connectivity index is 2.34. The van der Waals surface area contributed by atoms with Crippen LogP contribution in [0.1, 0.15) is 57.2 Å². The predicted octanol–water partition coefficient (Wildman–Crippen LogP) is 3.04. The number of alkyl halides is 1. The molecule has 5 heteroatoms. The zero-order valence-corrected chi connectivity index (χ0v) is 12.3. The van der Waals surface area contributed by atoms with Crippen molar-refractivity contribution >= 4 is 15.9 Å². The summed E-state index contributed by atoms with van der Waals surface area (Å²) in [6, 6.07) is 0.394. The van der Waals surface area contributed by atoms with Crippen LogP contribution in [-0.2, 0) is 10.1 Å². The lowest BCUT2D eigenvalue weighted by atomic mass is 9.98. The molecular weight excluding hydrogens is 282 g/mol. The van der Waals surface area contributed by atoms with Crippen LogP contribution in [0.25, 0.3) is 0 Å². The number of hydrogen-bond donors (Lipinski definition) is 0. The average molecular weight is 302 g/mol. The van der Waals surface area contributed by atoms with E-state index in [0.717, 1.165) is 36.4 Å². The molecule has 0 aromatic carbocycles. The van der Waals surface area contributed by atoms with E-state index >= 15 is 0 Å². The third-order valence-corrected chi connectivity index (χ3v) is 3.87. The van der Waals surface area contributed by atoms with E-state index in [1.807, 2.05) is 0 Å². The normalized spacial score (nSPS) is 24.8. The molecule has 2 unspecified atom stereocenters. The molecule has 96 valence electrons. The first-order chi connectivity index (χ1) is 8.19. The summed E-state index contributed by atoms with van der Waals surface area (Å²) in [5.41, 5.74) is 0. The molecule has 1 aromatic heterocycles. The van der Waals surface area contributed by atoms with Gasteiger partial charge in [-0.3, -0.25) is 0 Å². The second kappa shape index (κ2) is 5.48. The quantitative estimate of drug-likeness (QED) is 0.803. The van der Waals surface area contributed by atoms with Crippen LogP contribution < -0.4 is 0 Å². The maximum atomic E-state index is 5.75. The number of halogens is 1. The zero-order valence-electron chi connectivity index (χ0n) is 10.7. The minimum absolute atomic E-state index is 0.305. The number of rotatable bonds is 4. The number of hydrogen-bond acceptors (Lipinski definition) is 3. The Morgan fingerprint density at radius 1 is 1.47 bits per heavy atom. The van der Waals surface area contributed by atoms with E-state index in [9.17, 15) is 0 Å². The van der Waals surface area contributed by atoms with E-state index in [-0.39, 0.29) is 0 Å². The Morgan fingerprint density at radius 2 is 2.24 bits per heavy atom. The highest BCUT2D eigenvalue weighted by Gasteiger charge is 2.33. The third-order valence-electron chi connectivity index (χ3n) is 3.37. The van der Waals surface area contributed by atoms with Crippen LogP contribution in [-0.4, -0.2) is 27.5 Å². The summed E-state index contributed by atoms with van der Waals surface area (Å²) in [7, 11) is 0. The fraction of sp³-hybridized carbons (Fsp3) is 0.833. The van der Waals surface area contributed by atoms with Crippen LogP contribution in [0, 0.1) is 0 Å². The first-order valence-corrected chi connectivity index (χ1v) is 7.42. The SMILES string of the molecule is CCC1OCCC1c1nnc(CBr)n1C(C)C. The fourth-order valence-electron chi connectivity index (χ4n) is 2.59. The van der Waals surface area contributed by atoms with Crippen molar-refractivity contribution < 1.29 is 4.74 Å². The Kier molecular flexibility index (Phi) is 4.20. The molecule has 2 rings (SSSR count). The first kappa shape index (κ1) is 13.0. The Morgan fingerprint density at radius 3 is 2.82 bits per heavy atom. The Bertz CT molecular complexity index is 378. The topological polar surface area (TPSA) is 39.9 Å². The van der Waals surface area contributed by atoms with Crippen molar-refractivity contribution in [3.05, 3.63) is 11.6 Å². The first-order valence-electron chi connectivity index (χ1n) is 6.30. The van der Waals surface area contributed by atoms with Gasteiger partial charge in [0.1, 0.15) is 11.6 Å². The van der Waals surface area contributed by atoms with E-state index in [1.165, 1.54) is 0 Å². The highest BCUT2D eigenvalue weighted by molar-refractivity contribution is 9.08.